The maximum Gasteiger partial charge on any atom is 0.337 e. The zero-order valence-electron chi connectivity index (χ0n) is 20.1. The summed E-state index contributed by atoms with van der Waals surface area (Å²) in [6.45, 7) is 4.32. The molecule has 7 heteroatoms. The van der Waals surface area contributed by atoms with Gasteiger partial charge in [0.15, 0.2) is 5.79 Å². The second kappa shape index (κ2) is 10.8. The number of benzene rings is 3. The lowest BCUT2D eigenvalue weighted by Gasteiger charge is -2.18. The van der Waals surface area contributed by atoms with Crippen molar-refractivity contribution in [1.29, 1.82) is 0 Å². The minimum Gasteiger partial charge on any atom is -0.508 e. The molecule has 1 N–H and O–H groups in total. The number of hydrogen-bond donors (Lipinski definition) is 1. The van der Waals surface area contributed by atoms with E-state index in [0.717, 1.165) is 23.3 Å². The first-order valence-electron chi connectivity index (χ1n) is 11.5. The van der Waals surface area contributed by atoms with E-state index in [1.807, 2.05) is 50.2 Å². The van der Waals surface area contributed by atoms with Gasteiger partial charge in [0, 0.05) is 0 Å². The lowest BCUT2D eigenvalue weighted by Crippen LogP contribution is -2.33. The molecule has 0 spiro atoms. The molecule has 4 rings (SSSR count). The van der Waals surface area contributed by atoms with Crippen LogP contribution >= 0.6 is 0 Å². The molecule has 0 aliphatic carbocycles. The van der Waals surface area contributed by atoms with Gasteiger partial charge >= 0.3 is 5.97 Å². The molecule has 1 fully saturated rings. The molecule has 3 aromatic rings. The first-order chi connectivity index (χ1) is 16.8. The van der Waals surface area contributed by atoms with E-state index < -0.39 is 11.8 Å². The molecule has 3 aromatic carbocycles. The van der Waals surface area contributed by atoms with Crippen LogP contribution in [0.4, 0.5) is 0 Å². The lowest BCUT2D eigenvalue weighted by molar-refractivity contribution is -0.150. The van der Waals surface area contributed by atoms with Gasteiger partial charge in [-0.25, -0.2) is 4.79 Å². The van der Waals surface area contributed by atoms with Gasteiger partial charge in [0.05, 0.1) is 12.7 Å². The Bertz CT molecular complexity index is 1110. The van der Waals surface area contributed by atoms with Crippen molar-refractivity contribution in [1.82, 2.24) is 0 Å². The predicted molar refractivity (Wildman–Crippen MR) is 130 cm³/mol. The average Bonchev–Trinajstić information content (AvgIpc) is 3.16. The Kier molecular flexibility index (Phi) is 7.58. The van der Waals surface area contributed by atoms with Gasteiger partial charge < -0.3 is 28.8 Å². The fraction of sp³-hybridized carbons (Fsp3) is 0.321. The zero-order valence-corrected chi connectivity index (χ0v) is 20.1. The van der Waals surface area contributed by atoms with Crippen molar-refractivity contribution in [2.24, 2.45) is 0 Å². The Hall–Kier alpha value is -3.55. The summed E-state index contributed by atoms with van der Waals surface area (Å²) < 4.78 is 28.7. The van der Waals surface area contributed by atoms with Gasteiger partial charge in [-0.15, -0.1) is 0 Å². The Morgan fingerprint density at radius 3 is 1.74 bits per heavy atom. The number of hydrogen-bond acceptors (Lipinski definition) is 7. The van der Waals surface area contributed by atoms with Gasteiger partial charge in [-0.2, -0.15) is 0 Å². The summed E-state index contributed by atoms with van der Waals surface area (Å²) in [6, 6.07) is 21.9. The first-order valence-corrected chi connectivity index (χ1v) is 11.5. The van der Waals surface area contributed by atoms with Crippen molar-refractivity contribution in [3.05, 3.63) is 89.5 Å². The Labute approximate surface area is 205 Å². The molecule has 7 nitrogen and oxygen atoms in total. The van der Waals surface area contributed by atoms with Crippen molar-refractivity contribution in [2.45, 2.75) is 38.3 Å². The maximum atomic E-state index is 11.6. The number of phenolic OH excluding ortho intramolecular Hbond substituents is 1. The molecule has 1 saturated heterocycles. The van der Waals surface area contributed by atoms with Crippen LogP contribution in [0.3, 0.4) is 0 Å². The summed E-state index contributed by atoms with van der Waals surface area (Å²) in [6.07, 6.45) is 0.143. The van der Waals surface area contributed by atoms with E-state index >= 15 is 0 Å². The van der Waals surface area contributed by atoms with E-state index in [2.05, 4.69) is 0 Å². The Morgan fingerprint density at radius 2 is 1.26 bits per heavy atom. The molecular formula is C28H30O7. The van der Waals surface area contributed by atoms with Crippen LogP contribution in [-0.4, -0.2) is 49.4 Å². The highest BCUT2D eigenvalue weighted by Crippen LogP contribution is 2.29. The number of esters is 1. The predicted octanol–water partition coefficient (Wildman–Crippen LogP) is 4.75. The van der Waals surface area contributed by atoms with E-state index in [1.165, 1.54) is 7.11 Å². The van der Waals surface area contributed by atoms with Gasteiger partial charge in [-0.3, -0.25) is 0 Å². The van der Waals surface area contributed by atoms with Gasteiger partial charge in [-0.1, -0.05) is 24.3 Å². The van der Waals surface area contributed by atoms with Crippen LogP contribution in [0.15, 0.2) is 72.8 Å². The monoisotopic (exact) mass is 478 g/mol. The molecule has 0 saturated carbocycles. The number of aromatic hydroxyl groups is 1. The highest BCUT2D eigenvalue weighted by Gasteiger charge is 2.42. The van der Waals surface area contributed by atoms with Crippen molar-refractivity contribution >= 4 is 5.97 Å². The summed E-state index contributed by atoms with van der Waals surface area (Å²) in [7, 11) is 1.35. The van der Waals surface area contributed by atoms with Gasteiger partial charge in [0.1, 0.15) is 42.7 Å². The van der Waals surface area contributed by atoms with Crippen LogP contribution in [0.1, 0.15) is 35.3 Å². The second-order valence-corrected chi connectivity index (χ2v) is 8.84. The van der Waals surface area contributed by atoms with E-state index in [1.54, 1.807) is 36.4 Å². The molecule has 35 heavy (non-hydrogen) atoms. The summed E-state index contributed by atoms with van der Waals surface area (Å²) in [4.78, 5) is 11.6. The molecule has 0 amide bonds. The summed E-state index contributed by atoms with van der Waals surface area (Å²) in [5.41, 5.74) is 2.73. The first kappa shape index (κ1) is 24.6. The lowest BCUT2D eigenvalue weighted by atomic mass is 10.0. The number of methoxy groups -OCH3 is 1. The number of carbonyl (C=O) groups excluding carboxylic acids is 1. The summed E-state index contributed by atoms with van der Waals surface area (Å²) >= 11 is 0. The molecule has 0 unspecified atom stereocenters. The number of phenols is 1. The third-order valence-corrected chi connectivity index (χ3v) is 5.66. The molecule has 1 aliphatic rings. The highest BCUT2D eigenvalue weighted by molar-refractivity contribution is 5.89. The van der Waals surface area contributed by atoms with Crippen molar-refractivity contribution < 1.29 is 33.6 Å². The Morgan fingerprint density at radius 1 is 0.800 bits per heavy atom. The van der Waals surface area contributed by atoms with Gasteiger partial charge in [0.2, 0.25) is 0 Å². The van der Waals surface area contributed by atoms with E-state index in [4.69, 9.17) is 23.7 Å². The topological polar surface area (TPSA) is 83.5 Å². The average molecular weight is 479 g/mol. The molecular weight excluding hydrogens is 448 g/mol. The summed E-state index contributed by atoms with van der Waals surface area (Å²) in [5.74, 6) is 0.487. The summed E-state index contributed by atoms with van der Waals surface area (Å²) in [5, 5.41) is 9.43. The van der Waals surface area contributed by atoms with Gasteiger partial charge in [0.25, 0.3) is 0 Å². The van der Waals surface area contributed by atoms with E-state index in [9.17, 15) is 9.90 Å². The van der Waals surface area contributed by atoms with Crippen molar-refractivity contribution in [3.8, 4) is 17.2 Å². The standard InChI is InChI=1S/C28H30O7/c1-28(2)34-25(26(35-28)18-33-24-14-8-21(9-15-24)27(30)31-3)17-32-23-12-6-20(7-13-23)16-19-4-10-22(29)11-5-19/h4-15,25-26,29H,16-18H2,1-3H3/t25-,26-/m0/s1. The fourth-order valence-corrected chi connectivity index (χ4v) is 3.91. The molecule has 2 atom stereocenters. The minimum atomic E-state index is -0.745. The third kappa shape index (κ3) is 6.74. The SMILES string of the molecule is COC(=O)c1ccc(OC[C@@H]2OC(C)(C)O[C@H]2COc2ccc(Cc3ccc(O)cc3)cc2)cc1. The zero-order chi connectivity index (χ0) is 24.8. The molecule has 1 heterocycles. The maximum absolute atomic E-state index is 11.6. The van der Waals surface area contributed by atoms with Crippen LogP contribution < -0.4 is 9.47 Å². The molecule has 0 aromatic heterocycles. The van der Waals surface area contributed by atoms with E-state index in [-0.39, 0.29) is 24.6 Å². The Balaban J connectivity index is 1.30. The normalized spacial score (nSPS) is 18.7. The minimum absolute atomic E-state index is 0.263. The molecule has 0 bridgehead atoms. The smallest absolute Gasteiger partial charge is 0.337 e. The van der Waals surface area contributed by atoms with Crippen molar-refractivity contribution in [2.75, 3.05) is 20.3 Å². The van der Waals surface area contributed by atoms with Crippen LogP contribution in [0.2, 0.25) is 0 Å². The highest BCUT2D eigenvalue weighted by atomic mass is 16.8. The van der Waals surface area contributed by atoms with Crippen LogP contribution in [0.5, 0.6) is 17.2 Å². The molecule has 1 aliphatic heterocycles. The van der Waals surface area contributed by atoms with Crippen LogP contribution in [0, 0.1) is 0 Å². The van der Waals surface area contributed by atoms with E-state index in [0.29, 0.717) is 17.9 Å². The number of rotatable bonds is 9. The second-order valence-electron chi connectivity index (χ2n) is 8.84. The largest absolute Gasteiger partial charge is 0.508 e. The molecule has 184 valence electrons. The van der Waals surface area contributed by atoms with Gasteiger partial charge in [-0.05, 0) is 79.9 Å². The van der Waals surface area contributed by atoms with Crippen LogP contribution in [0.25, 0.3) is 0 Å². The number of ether oxygens (including phenoxy) is 5. The number of carbonyl (C=O) groups is 1. The fourth-order valence-electron chi connectivity index (χ4n) is 3.91. The van der Waals surface area contributed by atoms with Crippen LogP contribution in [-0.2, 0) is 20.6 Å². The quantitative estimate of drug-likeness (QED) is 0.445. The third-order valence-electron chi connectivity index (χ3n) is 5.66. The van der Waals surface area contributed by atoms with Crippen molar-refractivity contribution in [3.63, 3.8) is 0 Å². The molecule has 0 radical (unpaired) electrons.